The number of hydrogen-bond acceptors (Lipinski definition) is 3. The molecule has 0 aromatic heterocycles. The highest BCUT2D eigenvalue weighted by molar-refractivity contribution is 5.86. The maximum atomic E-state index is 11.6. The molecule has 1 heterocycles. The minimum atomic E-state index is -1.02. The molecule has 0 aliphatic carbocycles. The molecule has 0 aromatic carbocycles. The molecule has 0 saturated carbocycles. The van der Waals surface area contributed by atoms with Crippen LogP contribution < -0.4 is 0 Å². The standard InChI is InChI=1S/C11H17NO4/c1-5-7-6-12(8(7)9(13)14)10(15)16-11(2,3)4/h5,8H,6H2,1-4H3,(H,13,14)/b7-5+. The highest BCUT2D eigenvalue weighted by atomic mass is 16.6. The lowest BCUT2D eigenvalue weighted by atomic mass is 9.96. The lowest BCUT2D eigenvalue weighted by molar-refractivity contribution is -0.144. The summed E-state index contributed by atoms with van der Waals surface area (Å²) in [4.78, 5) is 23.8. The number of amides is 1. The zero-order valence-electron chi connectivity index (χ0n) is 9.98. The molecule has 0 aromatic rings. The third-order valence-corrected chi connectivity index (χ3v) is 2.25. The summed E-state index contributed by atoms with van der Waals surface area (Å²) < 4.78 is 5.11. The van der Waals surface area contributed by atoms with Crippen LogP contribution in [0, 0.1) is 0 Å². The molecule has 1 saturated heterocycles. The van der Waals surface area contributed by atoms with E-state index in [1.807, 2.05) is 0 Å². The lowest BCUT2D eigenvalue weighted by Gasteiger charge is -2.41. The van der Waals surface area contributed by atoms with E-state index in [0.29, 0.717) is 6.54 Å². The largest absolute Gasteiger partial charge is 0.479 e. The Labute approximate surface area is 94.7 Å². The second kappa shape index (κ2) is 4.15. The number of nitrogens with zero attached hydrogens (tertiary/aromatic N) is 1. The zero-order chi connectivity index (χ0) is 12.5. The van der Waals surface area contributed by atoms with Crippen LogP contribution in [0.5, 0.6) is 0 Å². The van der Waals surface area contributed by atoms with Crippen LogP contribution >= 0.6 is 0 Å². The fraction of sp³-hybridized carbons (Fsp3) is 0.636. The van der Waals surface area contributed by atoms with Crippen molar-refractivity contribution in [3.05, 3.63) is 11.6 Å². The van der Waals surface area contributed by atoms with Crippen LogP contribution in [0.2, 0.25) is 0 Å². The van der Waals surface area contributed by atoms with Crippen molar-refractivity contribution in [2.45, 2.75) is 39.3 Å². The van der Waals surface area contributed by atoms with Crippen molar-refractivity contribution in [1.29, 1.82) is 0 Å². The SMILES string of the molecule is C/C=C1\CN(C(=O)OC(C)(C)C)C1C(=O)O. The molecule has 1 aliphatic rings. The van der Waals surface area contributed by atoms with E-state index in [4.69, 9.17) is 9.84 Å². The molecule has 1 atom stereocenters. The number of likely N-dealkylation sites (tertiary alicyclic amines) is 1. The van der Waals surface area contributed by atoms with Gasteiger partial charge in [-0.05, 0) is 33.3 Å². The van der Waals surface area contributed by atoms with Crippen molar-refractivity contribution >= 4 is 12.1 Å². The van der Waals surface area contributed by atoms with Crippen LogP contribution in [0.15, 0.2) is 11.6 Å². The van der Waals surface area contributed by atoms with Crippen molar-refractivity contribution < 1.29 is 19.4 Å². The van der Waals surface area contributed by atoms with Gasteiger partial charge in [0.1, 0.15) is 5.60 Å². The Kier molecular flexibility index (Phi) is 3.26. The van der Waals surface area contributed by atoms with E-state index in [2.05, 4.69) is 0 Å². The number of ether oxygens (including phenoxy) is 1. The number of hydrogen-bond donors (Lipinski definition) is 1. The van der Waals surface area contributed by atoms with Gasteiger partial charge in [-0.1, -0.05) is 6.08 Å². The van der Waals surface area contributed by atoms with Crippen molar-refractivity contribution in [3.8, 4) is 0 Å². The first-order chi connectivity index (χ1) is 7.26. The van der Waals surface area contributed by atoms with E-state index < -0.39 is 23.7 Å². The number of carboxylic acid groups (broad SMARTS) is 1. The number of rotatable bonds is 1. The van der Waals surface area contributed by atoms with Gasteiger partial charge in [0, 0.05) is 6.54 Å². The fourth-order valence-corrected chi connectivity index (χ4v) is 1.49. The van der Waals surface area contributed by atoms with Crippen LogP contribution in [-0.4, -0.2) is 40.3 Å². The smallest absolute Gasteiger partial charge is 0.411 e. The van der Waals surface area contributed by atoms with Crippen LogP contribution in [-0.2, 0) is 9.53 Å². The maximum absolute atomic E-state index is 11.6. The van der Waals surface area contributed by atoms with E-state index >= 15 is 0 Å². The van der Waals surface area contributed by atoms with Crippen molar-refractivity contribution in [3.63, 3.8) is 0 Å². The summed E-state index contributed by atoms with van der Waals surface area (Å²) in [6, 6.07) is -0.861. The molecule has 1 fully saturated rings. The Balaban J connectivity index is 2.70. The van der Waals surface area contributed by atoms with E-state index in [9.17, 15) is 9.59 Å². The molecule has 90 valence electrons. The number of carbonyl (C=O) groups excluding carboxylic acids is 1. The van der Waals surface area contributed by atoms with Crippen molar-refractivity contribution in [2.24, 2.45) is 0 Å². The van der Waals surface area contributed by atoms with Gasteiger partial charge in [-0.2, -0.15) is 0 Å². The Morgan fingerprint density at radius 3 is 2.44 bits per heavy atom. The topological polar surface area (TPSA) is 66.8 Å². The number of allylic oxidation sites excluding steroid dienone is 1. The predicted molar refractivity (Wildman–Crippen MR) is 58.1 cm³/mol. The molecular weight excluding hydrogens is 210 g/mol. The van der Waals surface area contributed by atoms with E-state index in [0.717, 1.165) is 5.57 Å². The van der Waals surface area contributed by atoms with Gasteiger partial charge in [-0.25, -0.2) is 9.59 Å². The minimum absolute atomic E-state index is 0.336. The molecule has 5 nitrogen and oxygen atoms in total. The average Bonchev–Trinajstić information content (AvgIpc) is 1.97. The summed E-state index contributed by atoms with van der Waals surface area (Å²) in [5.41, 5.74) is 0.129. The first-order valence-electron chi connectivity index (χ1n) is 5.14. The lowest BCUT2D eigenvalue weighted by Crippen LogP contribution is -2.58. The van der Waals surface area contributed by atoms with Gasteiger partial charge >= 0.3 is 12.1 Å². The number of aliphatic carboxylic acids is 1. The quantitative estimate of drug-likeness (QED) is 0.691. The first-order valence-corrected chi connectivity index (χ1v) is 5.14. The van der Waals surface area contributed by atoms with Gasteiger partial charge < -0.3 is 9.84 Å². The van der Waals surface area contributed by atoms with Crippen LogP contribution in [0.25, 0.3) is 0 Å². The summed E-state index contributed by atoms with van der Waals surface area (Å²) in [5.74, 6) is -1.02. The van der Waals surface area contributed by atoms with E-state index in [-0.39, 0.29) is 0 Å². The highest BCUT2D eigenvalue weighted by Crippen LogP contribution is 2.26. The molecule has 1 aliphatic heterocycles. The van der Waals surface area contributed by atoms with Gasteiger partial charge in [0.2, 0.25) is 0 Å². The van der Waals surface area contributed by atoms with Crippen LogP contribution in [0.3, 0.4) is 0 Å². The Morgan fingerprint density at radius 1 is 1.50 bits per heavy atom. The molecule has 1 unspecified atom stereocenters. The van der Waals surface area contributed by atoms with Crippen LogP contribution in [0.4, 0.5) is 4.79 Å². The molecule has 5 heteroatoms. The first kappa shape index (κ1) is 12.5. The molecule has 0 spiro atoms. The normalized spacial score (nSPS) is 22.9. The Bertz CT molecular complexity index is 340. The molecule has 1 amide bonds. The van der Waals surface area contributed by atoms with Gasteiger partial charge in [-0.15, -0.1) is 0 Å². The highest BCUT2D eigenvalue weighted by Gasteiger charge is 2.43. The molecule has 1 N–H and O–H groups in total. The molecule has 1 rings (SSSR count). The second-order valence-corrected chi connectivity index (χ2v) is 4.71. The zero-order valence-corrected chi connectivity index (χ0v) is 9.98. The molecule has 0 radical (unpaired) electrons. The maximum Gasteiger partial charge on any atom is 0.411 e. The fourth-order valence-electron chi connectivity index (χ4n) is 1.49. The monoisotopic (exact) mass is 227 g/mol. The number of carboxylic acids is 1. The van der Waals surface area contributed by atoms with Gasteiger partial charge in [0.05, 0.1) is 0 Å². The average molecular weight is 227 g/mol. The summed E-state index contributed by atoms with van der Waals surface area (Å²) in [5, 5.41) is 8.96. The van der Waals surface area contributed by atoms with Gasteiger partial charge in [-0.3, -0.25) is 4.90 Å². The Hall–Kier alpha value is -1.52. The summed E-state index contributed by atoms with van der Waals surface area (Å²) in [6.45, 7) is 7.34. The third kappa shape index (κ3) is 2.53. The van der Waals surface area contributed by atoms with Crippen molar-refractivity contribution in [2.75, 3.05) is 6.54 Å². The predicted octanol–water partition coefficient (Wildman–Crippen LogP) is 1.64. The van der Waals surface area contributed by atoms with E-state index in [1.54, 1.807) is 33.8 Å². The number of carbonyl (C=O) groups is 2. The summed E-state index contributed by atoms with van der Waals surface area (Å²) in [7, 11) is 0. The molecular formula is C11H17NO4. The summed E-state index contributed by atoms with van der Waals surface area (Å²) in [6.07, 6.45) is 1.14. The second-order valence-electron chi connectivity index (χ2n) is 4.71. The van der Waals surface area contributed by atoms with Gasteiger partial charge in [0.25, 0.3) is 0 Å². The third-order valence-electron chi connectivity index (χ3n) is 2.25. The van der Waals surface area contributed by atoms with Gasteiger partial charge in [0.15, 0.2) is 6.04 Å². The molecule has 0 bridgehead atoms. The Morgan fingerprint density at radius 2 is 2.06 bits per heavy atom. The van der Waals surface area contributed by atoms with Crippen LogP contribution in [0.1, 0.15) is 27.7 Å². The van der Waals surface area contributed by atoms with Crippen molar-refractivity contribution in [1.82, 2.24) is 4.90 Å². The molecule has 16 heavy (non-hydrogen) atoms. The van der Waals surface area contributed by atoms with E-state index in [1.165, 1.54) is 4.90 Å². The minimum Gasteiger partial charge on any atom is -0.479 e. The summed E-state index contributed by atoms with van der Waals surface area (Å²) >= 11 is 0.